The van der Waals surface area contributed by atoms with Crippen LogP contribution in [0.3, 0.4) is 0 Å². The monoisotopic (exact) mass is 483 g/mol. The molecule has 146 valence electrons. The lowest BCUT2D eigenvalue weighted by Crippen LogP contribution is -2.37. The van der Waals surface area contributed by atoms with E-state index in [1.54, 1.807) is 14.2 Å². The summed E-state index contributed by atoms with van der Waals surface area (Å²) in [5.41, 5.74) is 8.32. The Morgan fingerprint density at radius 3 is 2.74 bits per heavy atom. The molecule has 27 heavy (non-hydrogen) atoms. The third kappa shape index (κ3) is 5.41. The molecule has 0 saturated heterocycles. The van der Waals surface area contributed by atoms with Crippen molar-refractivity contribution in [1.82, 2.24) is 5.32 Å². The summed E-state index contributed by atoms with van der Waals surface area (Å²) >= 11 is 0. The maximum atomic E-state index is 6.08. The van der Waals surface area contributed by atoms with Gasteiger partial charge < -0.3 is 25.3 Å². The number of hydrogen-bond donors (Lipinski definition) is 2. The molecule has 0 aromatic heterocycles. The summed E-state index contributed by atoms with van der Waals surface area (Å²) < 4.78 is 16.3. The summed E-state index contributed by atoms with van der Waals surface area (Å²) in [6, 6.07) is 14.0. The highest BCUT2D eigenvalue weighted by Gasteiger charge is 2.21. The fraction of sp³-hybridized carbons (Fsp3) is 0.350. The second-order valence-electron chi connectivity index (χ2n) is 6.08. The predicted octanol–water partition coefficient (Wildman–Crippen LogP) is 3.29. The van der Waals surface area contributed by atoms with Crippen molar-refractivity contribution in [2.45, 2.75) is 18.9 Å². The van der Waals surface area contributed by atoms with Crippen LogP contribution in [0.5, 0.6) is 17.2 Å². The summed E-state index contributed by atoms with van der Waals surface area (Å²) in [7, 11) is 3.26. The molecule has 0 aliphatic carbocycles. The first-order chi connectivity index (χ1) is 12.7. The van der Waals surface area contributed by atoms with Gasteiger partial charge in [-0.25, -0.2) is 0 Å². The van der Waals surface area contributed by atoms with Crippen LogP contribution in [0.1, 0.15) is 23.6 Å². The molecule has 3 N–H and O–H groups in total. The molecule has 0 saturated carbocycles. The van der Waals surface area contributed by atoms with Crippen LogP contribution in [-0.2, 0) is 6.42 Å². The number of methoxy groups -OCH3 is 2. The molecule has 0 fully saturated rings. The standard InChI is InChI=1S/C20H25N3O3.HI/c1-24-18-8-7-14(13-19(18)25-2)9-11-22-20(21)23-16-10-12-26-17-6-4-3-5-15(16)17;/h3-8,13,16H,9-12H2,1-2H3,(H3,21,22,23);1H. The fourth-order valence-corrected chi connectivity index (χ4v) is 3.06. The van der Waals surface area contributed by atoms with Crippen LogP contribution in [-0.4, -0.2) is 33.3 Å². The molecule has 1 atom stereocenters. The van der Waals surface area contributed by atoms with Crippen molar-refractivity contribution in [1.29, 1.82) is 0 Å². The Kier molecular flexibility index (Phi) is 8.02. The van der Waals surface area contributed by atoms with Gasteiger partial charge in [-0.3, -0.25) is 4.99 Å². The van der Waals surface area contributed by atoms with E-state index in [1.165, 1.54) is 0 Å². The Morgan fingerprint density at radius 1 is 1.19 bits per heavy atom. The molecule has 3 rings (SSSR count). The van der Waals surface area contributed by atoms with E-state index >= 15 is 0 Å². The summed E-state index contributed by atoms with van der Waals surface area (Å²) in [5.74, 6) is 2.81. The lowest BCUT2D eigenvalue weighted by molar-refractivity contribution is 0.262. The minimum Gasteiger partial charge on any atom is -0.493 e. The van der Waals surface area contributed by atoms with Gasteiger partial charge in [-0.05, 0) is 30.2 Å². The fourth-order valence-electron chi connectivity index (χ4n) is 3.06. The van der Waals surface area contributed by atoms with Crippen molar-refractivity contribution >= 4 is 29.9 Å². The number of nitrogens with zero attached hydrogens (tertiary/aromatic N) is 1. The van der Waals surface area contributed by atoms with Crippen LogP contribution < -0.4 is 25.3 Å². The van der Waals surface area contributed by atoms with Gasteiger partial charge in [0.25, 0.3) is 0 Å². The van der Waals surface area contributed by atoms with Gasteiger partial charge in [-0.1, -0.05) is 24.3 Å². The summed E-state index contributed by atoms with van der Waals surface area (Å²) in [4.78, 5) is 4.45. The highest BCUT2D eigenvalue weighted by molar-refractivity contribution is 14.0. The van der Waals surface area contributed by atoms with Gasteiger partial charge in [0, 0.05) is 18.5 Å². The third-order valence-electron chi connectivity index (χ3n) is 4.41. The van der Waals surface area contributed by atoms with Crippen molar-refractivity contribution in [2.24, 2.45) is 10.7 Å². The first kappa shape index (κ1) is 21.1. The number of halogens is 1. The van der Waals surface area contributed by atoms with E-state index in [-0.39, 0.29) is 30.0 Å². The molecule has 0 bridgehead atoms. The maximum Gasteiger partial charge on any atom is 0.189 e. The topological polar surface area (TPSA) is 78.1 Å². The zero-order chi connectivity index (χ0) is 18.4. The van der Waals surface area contributed by atoms with E-state index in [2.05, 4.69) is 16.4 Å². The molecule has 6 nitrogen and oxygen atoms in total. The van der Waals surface area contributed by atoms with Crippen molar-refractivity contribution in [2.75, 3.05) is 27.4 Å². The molecule has 1 unspecified atom stereocenters. The third-order valence-corrected chi connectivity index (χ3v) is 4.41. The number of ether oxygens (including phenoxy) is 3. The van der Waals surface area contributed by atoms with Gasteiger partial charge in [-0.15, -0.1) is 24.0 Å². The van der Waals surface area contributed by atoms with Crippen LogP contribution in [0, 0.1) is 0 Å². The smallest absolute Gasteiger partial charge is 0.189 e. The molecule has 1 heterocycles. The molecule has 0 radical (unpaired) electrons. The largest absolute Gasteiger partial charge is 0.493 e. The Balaban J connectivity index is 0.00000261. The number of para-hydroxylation sites is 1. The zero-order valence-corrected chi connectivity index (χ0v) is 17.9. The highest BCUT2D eigenvalue weighted by atomic mass is 127. The van der Waals surface area contributed by atoms with E-state index in [0.717, 1.165) is 41.2 Å². The molecule has 1 aliphatic rings. The number of benzene rings is 2. The molecular weight excluding hydrogens is 457 g/mol. The van der Waals surface area contributed by atoms with E-state index in [1.807, 2.05) is 36.4 Å². The minimum atomic E-state index is 0. The molecule has 2 aromatic rings. The Bertz CT molecular complexity index is 783. The zero-order valence-electron chi connectivity index (χ0n) is 15.6. The van der Waals surface area contributed by atoms with Crippen molar-refractivity contribution in [3.05, 3.63) is 53.6 Å². The first-order valence-electron chi connectivity index (χ1n) is 8.70. The van der Waals surface area contributed by atoms with Gasteiger partial charge >= 0.3 is 0 Å². The lowest BCUT2D eigenvalue weighted by atomic mass is 10.0. The number of guanidine groups is 1. The summed E-state index contributed by atoms with van der Waals surface area (Å²) in [5, 5.41) is 3.31. The molecule has 0 spiro atoms. The average molecular weight is 483 g/mol. The Hall–Kier alpha value is -2.16. The van der Waals surface area contributed by atoms with Gasteiger partial charge in [0.1, 0.15) is 5.75 Å². The van der Waals surface area contributed by atoms with Crippen LogP contribution >= 0.6 is 24.0 Å². The normalized spacial score (nSPS) is 15.8. The van der Waals surface area contributed by atoms with Crippen LogP contribution in [0.2, 0.25) is 0 Å². The average Bonchev–Trinajstić information content (AvgIpc) is 2.68. The second kappa shape index (κ2) is 10.2. The van der Waals surface area contributed by atoms with E-state index in [9.17, 15) is 0 Å². The van der Waals surface area contributed by atoms with E-state index in [4.69, 9.17) is 19.9 Å². The summed E-state index contributed by atoms with van der Waals surface area (Å²) in [6.45, 7) is 1.27. The van der Waals surface area contributed by atoms with Gasteiger partial charge in [0.15, 0.2) is 17.5 Å². The summed E-state index contributed by atoms with van der Waals surface area (Å²) in [6.07, 6.45) is 1.63. The number of fused-ring (bicyclic) bond motifs is 1. The SMILES string of the molecule is COc1ccc(CCN=C(N)NC2CCOc3ccccc32)cc1OC.I. The first-order valence-corrected chi connectivity index (χ1v) is 8.70. The van der Waals surface area contributed by atoms with Crippen LogP contribution in [0.15, 0.2) is 47.5 Å². The lowest BCUT2D eigenvalue weighted by Gasteiger charge is -2.26. The Labute approximate surface area is 177 Å². The molecule has 2 aromatic carbocycles. The molecular formula is C20H26IN3O3. The number of hydrogen-bond acceptors (Lipinski definition) is 4. The minimum absolute atomic E-state index is 0. The van der Waals surface area contributed by atoms with Crippen LogP contribution in [0.25, 0.3) is 0 Å². The molecule has 0 amide bonds. The number of aliphatic imine (C=N–C) groups is 1. The number of nitrogens with one attached hydrogen (secondary N) is 1. The highest BCUT2D eigenvalue weighted by Crippen LogP contribution is 2.31. The van der Waals surface area contributed by atoms with Gasteiger partial charge in [0.2, 0.25) is 0 Å². The number of nitrogens with two attached hydrogens (primary N) is 1. The Morgan fingerprint density at radius 2 is 1.96 bits per heavy atom. The number of rotatable bonds is 6. The quantitative estimate of drug-likeness (QED) is 0.375. The predicted molar refractivity (Wildman–Crippen MR) is 118 cm³/mol. The van der Waals surface area contributed by atoms with Crippen molar-refractivity contribution in [3.63, 3.8) is 0 Å². The van der Waals surface area contributed by atoms with Gasteiger partial charge in [-0.2, -0.15) is 0 Å². The van der Waals surface area contributed by atoms with Crippen LogP contribution in [0.4, 0.5) is 0 Å². The van der Waals surface area contributed by atoms with E-state index < -0.39 is 0 Å². The maximum absolute atomic E-state index is 6.08. The molecule has 1 aliphatic heterocycles. The molecule has 7 heteroatoms. The van der Waals surface area contributed by atoms with Crippen molar-refractivity contribution in [3.8, 4) is 17.2 Å². The van der Waals surface area contributed by atoms with Gasteiger partial charge in [0.05, 0.1) is 26.9 Å². The van der Waals surface area contributed by atoms with Crippen molar-refractivity contribution < 1.29 is 14.2 Å². The second-order valence-corrected chi connectivity index (χ2v) is 6.08. The van der Waals surface area contributed by atoms with E-state index in [0.29, 0.717) is 19.1 Å².